The number of sulfone groups is 1. The molecule has 4 rings (SSSR count). The molecule has 0 unspecified atom stereocenters. The number of carbonyl (C=O) groups is 1. The molecule has 0 saturated carbocycles. The minimum absolute atomic E-state index is 0.00819. The normalized spacial score (nSPS) is 15.1. The Morgan fingerprint density at radius 1 is 1.00 bits per heavy atom. The van der Waals surface area contributed by atoms with Crippen molar-refractivity contribution >= 4 is 15.6 Å². The molecule has 0 spiro atoms. The number of fused-ring (bicyclic) bond motifs is 2. The lowest BCUT2D eigenvalue weighted by molar-refractivity contribution is 0.103. The van der Waals surface area contributed by atoms with Crippen molar-refractivity contribution in [1.29, 1.82) is 0 Å². The number of benzene rings is 2. The van der Waals surface area contributed by atoms with Crippen LogP contribution < -0.4 is 0 Å². The highest BCUT2D eigenvalue weighted by atomic mass is 32.2. The van der Waals surface area contributed by atoms with E-state index in [1.807, 2.05) is 0 Å². The zero-order valence-corrected chi connectivity index (χ0v) is 12.8. The van der Waals surface area contributed by atoms with Crippen molar-refractivity contribution in [2.24, 2.45) is 7.05 Å². The van der Waals surface area contributed by atoms with Crippen LogP contribution in [0.4, 0.5) is 0 Å². The summed E-state index contributed by atoms with van der Waals surface area (Å²) >= 11 is 0. The molecule has 2 heterocycles. The summed E-state index contributed by atoms with van der Waals surface area (Å²) in [4.78, 5) is 14.0. The van der Waals surface area contributed by atoms with Crippen LogP contribution in [-0.2, 0) is 16.9 Å². The van der Waals surface area contributed by atoms with Gasteiger partial charge in [0.2, 0.25) is 15.7 Å². The van der Waals surface area contributed by atoms with Crippen LogP contribution >= 0.6 is 0 Å². The lowest BCUT2D eigenvalue weighted by Gasteiger charge is -2.18. The highest BCUT2D eigenvalue weighted by Crippen LogP contribution is 2.35. The van der Waals surface area contributed by atoms with Gasteiger partial charge in [0.25, 0.3) is 0 Å². The highest BCUT2D eigenvalue weighted by Gasteiger charge is 2.34. The third-order valence-corrected chi connectivity index (χ3v) is 5.57. The Morgan fingerprint density at radius 2 is 1.74 bits per heavy atom. The monoisotopic (exact) mass is 326 g/mol. The predicted octanol–water partition coefficient (Wildman–Crippen LogP) is 1.25. The van der Waals surface area contributed by atoms with Gasteiger partial charge in [-0.1, -0.05) is 12.1 Å². The van der Waals surface area contributed by atoms with Gasteiger partial charge < -0.3 is 0 Å². The Bertz CT molecular complexity index is 1070. The van der Waals surface area contributed by atoms with Gasteiger partial charge in [-0.15, -0.1) is 10.2 Å². The standard InChI is InChI=1S/C15H10N4O3S/c1-19-17-15(16-18-19)9-6-7-13-11(8-9)14(20)10-4-2-3-5-12(10)23(13,21)22/h2-8H,1H3. The van der Waals surface area contributed by atoms with Gasteiger partial charge in [-0.05, 0) is 35.5 Å². The molecule has 1 aliphatic rings. The van der Waals surface area contributed by atoms with Gasteiger partial charge in [-0.25, -0.2) is 8.42 Å². The smallest absolute Gasteiger partial charge is 0.208 e. The van der Waals surface area contributed by atoms with Crippen molar-refractivity contribution in [1.82, 2.24) is 20.2 Å². The molecule has 0 N–H and O–H groups in total. The Hall–Kier alpha value is -2.87. The van der Waals surface area contributed by atoms with Gasteiger partial charge in [0.05, 0.1) is 16.8 Å². The molecule has 3 aromatic rings. The van der Waals surface area contributed by atoms with E-state index in [0.717, 1.165) is 0 Å². The average molecular weight is 326 g/mol. The van der Waals surface area contributed by atoms with Crippen molar-refractivity contribution < 1.29 is 13.2 Å². The van der Waals surface area contributed by atoms with Crippen LogP contribution in [0, 0.1) is 0 Å². The third-order valence-electron chi connectivity index (χ3n) is 3.70. The largest absolute Gasteiger partial charge is 0.289 e. The Balaban J connectivity index is 1.97. The fraction of sp³-hybridized carbons (Fsp3) is 0.0667. The van der Waals surface area contributed by atoms with Crippen LogP contribution in [0.2, 0.25) is 0 Å². The molecular weight excluding hydrogens is 316 g/mol. The first-order valence-electron chi connectivity index (χ1n) is 6.76. The molecule has 7 nitrogen and oxygen atoms in total. The lowest BCUT2D eigenvalue weighted by atomic mass is 10.0. The first kappa shape index (κ1) is 13.8. The van der Waals surface area contributed by atoms with E-state index in [4.69, 9.17) is 0 Å². The van der Waals surface area contributed by atoms with Gasteiger partial charge >= 0.3 is 0 Å². The molecule has 2 aromatic carbocycles. The average Bonchev–Trinajstić information content (AvgIpc) is 2.99. The van der Waals surface area contributed by atoms with Crippen LogP contribution in [0.25, 0.3) is 11.4 Å². The van der Waals surface area contributed by atoms with Crippen LogP contribution in [0.3, 0.4) is 0 Å². The Labute approximate surface area is 131 Å². The fourth-order valence-electron chi connectivity index (χ4n) is 2.63. The summed E-state index contributed by atoms with van der Waals surface area (Å²) in [6.45, 7) is 0. The minimum Gasteiger partial charge on any atom is -0.289 e. The molecule has 0 saturated heterocycles. The maximum absolute atomic E-state index is 12.7. The second-order valence-electron chi connectivity index (χ2n) is 5.14. The van der Waals surface area contributed by atoms with E-state index in [9.17, 15) is 13.2 Å². The first-order valence-corrected chi connectivity index (χ1v) is 8.24. The number of rotatable bonds is 1. The molecule has 0 radical (unpaired) electrons. The van der Waals surface area contributed by atoms with Crippen LogP contribution in [-0.4, -0.2) is 34.4 Å². The molecule has 23 heavy (non-hydrogen) atoms. The number of aryl methyl sites for hydroxylation is 1. The van der Waals surface area contributed by atoms with Crippen molar-refractivity contribution in [2.75, 3.05) is 0 Å². The molecule has 0 aliphatic carbocycles. The molecule has 1 aromatic heterocycles. The number of hydrogen-bond donors (Lipinski definition) is 0. The van der Waals surface area contributed by atoms with E-state index < -0.39 is 9.84 Å². The maximum atomic E-state index is 12.7. The van der Waals surface area contributed by atoms with Crippen molar-refractivity contribution in [3.63, 3.8) is 0 Å². The number of hydrogen-bond acceptors (Lipinski definition) is 6. The topological polar surface area (TPSA) is 94.8 Å². The maximum Gasteiger partial charge on any atom is 0.208 e. The fourth-order valence-corrected chi connectivity index (χ4v) is 4.27. The van der Waals surface area contributed by atoms with Crippen LogP contribution in [0.5, 0.6) is 0 Å². The number of nitrogens with zero attached hydrogens (tertiary/aromatic N) is 4. The molecule has 0 atom stereocenters. The molecule has 0 fully saturated rings. The Kier molecular flexibility index (Phi) is 2.73. The SMILES string of the molecule is Cn1nnc(-c2ccc3c(c2)C(=O)c2ccccc2S3(=O)=O)n1. The van der Waals surface area contributed by atoms with E-state index in [-0.39, 0.29) is 26.7 Å². The van der Waals surface area contributed by atoms with Gasteiger partial charge in [0.15, 0.2) is 5.78 Å². The molecule has 0 amide bonds. The van der Waals surface area contributed by atoms with E-state index >= 15 is 0 Å². The summed E-state index contributed by atoms with van der Waals surface area (Å²) in [5, 5.41) is 11.7. The summed E-state index contributed by atoms with van der Waals surface area (Å²) < 4.78 is 25.4. The minimum atomic E-state index is -3.71. The van der Waals surface area contributed by atoms with Crippen LogP contribution in [0.15, 0.2) is 52.3 Å². The van der Waals surface area contributed by atoms with Crippen molar-refractivity contribution in [2.45, 2.75) is 9.79 Å². The first-order chi connectivity index (χ1) is 11.0. The highest BCUT2D eigenvalue weighted by molar-refractivity contribution is 7.91. The Morgan fingerprint density at radius 3 is 2.48 bits per heavy atom. The van der Waals surface area contributed by atoms with Crippen molar-refractivity contribution in [3.8, 4) is 11.4 Å². The number of aromatic nitrogens is 4. The molecule has 8 heteroatoms. The molecule has 114 valence electrons. The number of tetrazole rings is 1. The van der Waals surface area contributed by atoms with Crippen LogP contribution in [0.1, 0.15) is 15.9 Å². The van der Waals surface area contributed by atoms with Gasteiger partial charge in [0, 0.05) is 16.7 Å². The van der Waals surface area contributed by atoms with Crippen molar-refractivity contribution in [3.05, 3.63) is 53.6 Å². The zero-order valence-electron chi connectivity index (χ0n) is 12.0. The van der Waals surface area contributed by atoms with Gasteiger partial charge in [0.1, 0.15) is 0 Å². The lowest BCUT2D eigenvalue weighted by Crippen LogP contribution is -2.20. The quantitative estimate of drug-likeness (QED) is 0.522. The molecule has 1 aliphatic heterocycles. The van der Waals surface area contributed by atoms with E-state index in [2.05, 4.69) is 15.4 Å². The number of ketones is 1. The molecular formula is C15H10N4O3S. The third kappa shape index (κ3) is 1.92. The predicted molar refractivity (Wildman–Crippen MR) is 79.6 cm³/mol. The van der Waals surface area contributed by atoms with Gasteiger partial charge in [-0.2, -0.15) is 4.80 Å². The summed E-state index contributed by atoms with van der Waals surface area (Å²) in [7, 11) is -2.08. The van der Waals surface area contributed by atoms with E-state index in [0.29, 0.717) is 11.4 Å². The summed E-state index contributed by atoms with van der Waals surface area (Å²) in [6, 6.07) is 10.7. The van der Waals surface area contributed by atoms with Gasteiger partial charge in [-0.3, -0.25) is 4.79 Å². The summed E-state index contributed by atoms with van der Waals surface area (Å²) in [6.07, 6.45) is 0. The second-order valence-corrected chi connectivity index (χ2v) is 7.03. The summed E-state index contributed by atoms with van der Waals surface area (Å²) in [5.74, 6) is 0.00974. The van der Waals surface area contributed by atoms with E-state index in [1.165, 1.54) is 29.1 Å². The number of carbonyl (C=O) groups excluding carboxylic acids is 1. The van der Waals surface area contributed by atoms with E-state index in [1.54, 1.807) is 25.2 Å². The summed E-state index contributed by atoms with van der Waals surface area (Å²) in [5.41, 5.74) is 0.859. The zero-order chi connectivity index (χ0) is 16.2. The second kappa shape index (κ2) is 4.56. The molecule has 0 bridgehead atoms.